The Hall–Kier alpha value is -5.31. The summed E-state index contributed by atoms with van der Waals surface area (Å²) in [7, 11) is 4.86. The molecule has 0 aliphatic rings. The van der Waals surface area contributed by atoms with Crippen LogP contribution >= 0.6 is 0 Å². The molecule has 9 heteroatoms. The molecular formula is C32H30N4O5. The van der Waals surface area contributed by atoms with Crippen molar-refractivity contribution in [2.45, 2.75) is 6.42 Å². The van der Waals surface area contributed by atoms with Crippen LogP contribution in [0.25, 0.3) is 17.1 Å². The van der Waals surface area contributed by atoms with E-state index in [-0.39, 0.29) is 11.9 Å². The average Bonchev–Trinajstić information content (AvgIpc) is 3.46. The van der Waals surface area contributed by atoms with E-state index in [1.54, 1.807) is 50.3 Å². The van der Waals surface area contributed by atoms with Gasteiger partial charge in [-0.3, -0.25) is 4.79 Å². The van der Waals surface area contributed by atoms with Crippen molar-refractivity contribution in [3.05, 3.63) is 108 Å². The number of methoxy groups -OCH3 is 3. The van der Waals surface area contributed by atoms with Crippen LogP contribution in [0.2, 0.25) is 0 Å². The number of aromatic nitrogens is 3. The van der Waals surface area contributed by atoms with Gasteiger partial charge < -0.3 is 24.3 Å². The summed E-state index contributed by atoms with van der Waals surface area (Å²) in [5.41, 5.74) is 3.91. The molecule has 0 saturated heterocycles. The first kappa shape index (κ1) is 27.3. The van der Waals surface area contributed by atoms with Crippen LogP contribution in [0.5, 0.6) is 23.3 Å². The average molecular weight is 551 g/mol. The van der Waals surface area contributed by atoms with Crippen molar-refractivity contribution in [2.24, 2.45) is 0 Å². The van der Waals surface area contributed by atoms with Crippen LogP contribution < -0.4 is 24.3 Å². The maximum Gasteiger partial charge on any atom is 0.336 e. The van der Waals surface area contributed by atoms with Gasteiger partial charge in [-0.1, -0.05) is 12.1 Å². The fourth-order valence-corrected chi connectivity index (χ4v) is 4.15. The standard InChI is InChI=1S/C32H30N4O5/c1-38-27-14-4-22(5-15-27)20-21-41-32-34-30(23-6-16-28(39-2)17-7-23)36(35-32)26-12-10-25(11-13-26)33-31(37)24-8-18-29(40-3)19-9-24/h4-19H,20-21H2,1-3H3,(H,33,37). The highest BCUT2D eigenvalue weighted by molar-refractivity contribution is 6.04. The van der Waals surface area contributed by atoms with Gasteiger partial charge in [0.25, 0.3) is 5.91 Å². The lowest BCUT2D eigenvalue weighted by Gasteiger charge is -2.09. The minimum atomic E-state index is -0.215. The van der Waals surface area contributed by atoms with E-state index in [4.69, 9.17) is 18.9 Å². The maximum atomic E-state index is 12.7. The first-order valence-electron chi connectivity index (χ1n) is 13.0. The smallest absolute Gasteiger partial charge is 0.336 e. The van der Waals surface area contributed by atoms with E-state index in [0.29, 0.717) is 35.9 Å². The summed E-state index contributed by atoms with van der Waals surface area (Å²) in [4.78, 5) is 17.4. The van der Waals surface area contributed by atoms with Crippen LogP contribution in [0.1, 0.15) is 15.9 Å². The Morgan fingerprint density at radius 3 is 1.88 bits per heavy atom. The number of anilines is 1. The number of hydrogen-bond acceptors (Lipinski definition) is 7. The van der Waals surface area contributed by atoms with E-state index in [1.165, 1.54) is 0 Å². The van der Waals surface area contributed by atoms with Crippen LogP contribution in [-0.4, -0.2) is 48.6 Å². The molecule has 208 valence electrons. The molecule has 41 heavy (non-hydrogen) atoms. The molecule has 0 fully saturated rings. The van der Waals surface area contributed by atoms with Crippen molar-refractivity contribution in [1.82, 2.24) is 14.8 Å². The lowest BCUT2D eigenvalue weighted by Crippen LogP contribution is -2.11. The van der Waals surface area contributed by atoms with Gasteiger partial charge in [0, 0.05) is 23.2 Å². The summed E-state index contributed by atoms with van der Waals surface area (Å²) in [6, 6.07) is 30.0. The summed E-state index contributed by atoms with van der Waals surface area (Å²) in [5, 5.41) is 7.56. The number of amides is 1. The normalized spacial score (nSPS) is 10.6. The van der Waals surface area contributed by atoms with Gasteiger partial charge in [0.15, 0.2) is 5.82 Å². The lowest BCUT2D eigenvalue weighted by molar-refractivity contribution is 0.102. The van der Waals surface area contributed by atoms with Gasteiger partial charge in [-0.15, -0.1) is 5.10 Å². The van der Waals surface area contributed by atoms with Crippen molar-refractivity contribution in [3.8, 4) is 40.3 Å². The van der Waals surface area contributed by atoms with Crippen LogP contribution in [0.15, 0.2) is 97.1 Å². The summed E-state index contributed by atoms with van der Waals surface area (Å²) < 4.78 is 23.4. The molecule has 0 saturated carbocycles. The van der Waals surface area contributed by atoms with Crippen LogP contribution in [0.4, 0.5) is 5.69 Å². The third kappa shape index (κ3) is 6.65. The highest BCUT2D eigenvalue weighted by Gasteiger charge is 2.16. The van der Waals surface area contributed by atoms with Crippen LogP contribution in [0.3, 0.4) is 0 Å². The molecule has 0 aliphatic carbocycles. The Kier molecular flexibility index (Phi) is 8.44. The summed E-state index contributed by atoms with van der Waals surface area (Å²) in [6.07, 6.45) is 0.693. The third-order valence-corrected chi connectivity index (χ3v) is 6.44. The van der Waals surface area contributed by atoms with E-state index in [0.717, 1.165) is 28.3 Å². The summed E-state index contributed by atoms with van der Waals surface area (Å²) in [6.45, 7) is 0.411. The highest BCUT2D eigenvalue weighted by atomic mass is 16.5. The van der Waals surface area contributed by atoms with E-state index in [2.05, 4.69) is 15.4 Å². The fourth-order valence-electron chi connectivity index (χ4n) is 4.15. The second-order valence-electron chi connectivity index (χ2n) is 9.03. The minimum Gasteiger partial charge on any atom is -0.497 e. The van der Waals surface area contributed by atoms with Gasteiger partial charge >= 0.3 is 6.01 Å². The summed E-state index contributed by atoms with van der Waals surface area (Å²) in [5.74, 6) is 2.64. The second kappa shape index (κ2) is 12.7. The number of carbonyl (C=O) groups is 1. The predicted molar refractivity (Wildman–Crippen MR) is 156 cm³/mol. The highest BCUT2D eigenvalue weighted by Crippen LogP contribution is 2.26. The molecule has 1 heterocycles. The first-order chi connectivity index (χ1) is 20.1. The number of carbonyl (C=O) groups excluding carboxylic acids is 1. The molecule has 0 bridgehead atoms. The molecule has 1 aromatic heterocycles. The second-order valence-corrected chi connectivity index (χ2v) is 9.03. The maximum absolute atomic E-state index is 12.7. The van der Waals surface area contributed by atoms with Gasteiger partial charge in [-0.05, 0) is 90.5 Å². The van der Waals surface area contributed by atoms with Crippen molar-refractivity contribution in [3.63, 3.8) is 0 Å². The zero-order chi connectivity index (χ0) is 28.6. The van der Waals surface area contributed by atoms with E-state index in [1.807, 2.05) is 72.8 Å². The SMILES string of the molecule is COc1ccc(CCOc2nc(-c3ccc(OC)cc3)n(-c3ccc(NC(=O)c4ccc(OC)cc4)cc3)n2)cc1. The molecule has 1 amide bonds. The Bertz CT molecular complexity index is 1580. The van der Waals surface area contributed by atoms with E-state index in [9.17, 15) is 4.79 Å². The zero-order valence-electron chi connectivity index (χ0n) is 23.0. The van der Waals surface area contributed by atoms with Crippen LogP contribution in [-0.2, 0) is 6.42 Å². The largest absolute Gasteiger partial charge is 0.497 e. The lowest BCUT2D eigenvalue weighted by atomic mass is 10.1. The molecular weight excluding hydrogens is 520 g/mol. The zero-order valence-corrected chi connectivity index (χ0v) is 23.0. The van der Waals surface area contributed by atoms with Crippen molar-refractivity contribution in [2.75, 3.05) is 33.3 Å². The number of nitrogens with zero attached hydrogens (tertiary/aromatic N) is 3. The number of rotatable bonds is 11. The Morgan fingerprint density at radius 1 is 0.732 bits per heavy atom. The molecule has 5 aromatic rings. The Labute approximate surface area is 238 Å². The van der Waals surface area contributed by atoms with Gasteiger partial charge in [0.2, 0.25) is 0 Å². The van der Waals surface area contributed by atoms with Crippen LogP contribution in [0, 0.1) is 0 Å². The number of hydrogen-bond donors (Lipinski definition) is 1. The number of nitrogens with one attached hydrogen (secondary N) is 1. The first-order valence-corrected chi connectivity index (χ1v) is 13.0. The molecule has 5 rings (SSSR count). The fraction of sp³-hybridized carbons (Fsp3) is 0.156. The van der Waals surface area contributed by atoms with Gasteiger partial charge in [0.05, 0.1) is 33.6 Å². The Balaban J connectivity index is 1.34. The molecule has 0 spiro atoms. The van der Waals surface area contributed by atoms with Gasteiger partial charge in [-0.25, -0.2) is 4.68 Å². The summed E-state index contributed by atoms with van der Waals surface area (Å²) >= 11 is 0. The van der Waals surface area contributed by atoms with Crippen molar-refractivity contribution < 1.29 is 23.7 Å². The van der Waals surface area contributed by atoms with E-state index >= 15 is 0 Å². The molecule has 0 unspecified atom stereocenters. The molecule has 9 nitrogen and oxygen atoms in total. The molecule has 0 aliphatic heterocycles. The quantitative estimate of drug-likeness (QED) is 0.221. The van der Waals surface area contributed by atoms with Gasteiger partial charge in [0.1, 0.15) is 17.2 Å². The monoisotopic (exact) mass is 550 g/mol. The minimum absolute atomic E-state index is 0.215. The number of benzene rings is 4. The molecule has 0 radical (unpaired) electrons. The van der Waals surface area contributed by atoms with Crippen molar-refractivity contribution >= 4 is 11.6 Å². The molecule has 0 atom stereocenters. The Morgan fingerprint density at radius 2 is 1.29 bits per heavy atom. The van der Waals surface area contributed by atoms with E-state index < -0.39 is 0 Å². The molecule has 1 N–H and O–H groups in total. The predicted octanol–water partition coefficient (Wildman–Crippen LogP) is 5.83. The molecule has 4 aromatic carbocycles. The van der Waals surface area contributed by atoms with Crippen molar-refractivity contribution in [1.29, 1.82) is 0 Å². The number of ether oxygens (including phenoxy) is 4. The topological polar surface area (TPSA) is 96.7 Å². The van der Waals surface area contributed by atoms with Gasteiger partial charge in [-0.2, -0.15) is 4.98 Å². The third-order valence-electron chi connectivity index (χ3n) is 6.44.